The van der Waals surface area contributed by atoms with E-state index < -0.39 is 5.82 Å². The Labute approximate surface area is 255 Å². The third-order valence-electron chi connectivity index (χ3n) is 9.19. The van der Waals surface area contributed by atoms with Gasteiger partial charge in [0.25, 0.3) is 0 Å². The van der Waals surface area contributed by atoms with Crippen molar-refractivity contribution in [3.8, 4) is 28.9 Å². The van der Waals surface area contributed by atoms with Crippen molar-refractivity contribution < 1.29 is 19.0 Å². The van der Waals surface area contributed by atoms with Crippen LogP contribution in [0.25, 0.3) is 32.9 Å². The lowest BCUT2D eigenvalue weighted by Gasteiger charge is -2.35. The average Bonchev–Trinajstić information content (AvgIpc) is 3.56. The van der Waals surface area contributed by atoms with E-state index in [9.17, 15) is 5.11 Å². The van der Waals surface area contributed by atoms with Crippen LogP contribution in [0.1, 0.15) is 39.5 Å². The molecular weight excluding hydrogens is 571 g/mol. The zero-order chi connectivity index (χ0) is 29.7. The minimum absolute atomic E-state index is 0.00251. The van der Waals surface area contributed by atoms with Crippen molar-refractivity contribution in [2.45, 2.75) is 51.1 Å². The number of ether oxygens (including phenoxy) is 2. The number of phenolic OH excluding ortho intramolecular Hbond substituents is 1. The highest BCUT2D eigenvalue weighted by molar-refractivity contribution is 6.36. The van der Waals surface area contributed by atoms with E-state index in [0.29, 0.717) is 58.9 Å². The standard InChI is InChI=1S/C30H30ClFN6O3.C2H6/c31-21-5-1-4-17-12-19(39)13-20(22(17)21)25-24(32)26-23-27(38-11-8-33-14-18(38)15-40-28(23)34-25)36-29(35-26)41-16-30-6-2-9-37(30)10-3-7-30;1-2/h1,4-5,12-13,18,33,39H,2-3,6-11,14-16H2;1-2H3/t18-;/m0./s1. The molecule has 3 fully saturated rings. The Morgan fingerprint density at radius 2 is 1.93 bits per heavy atom. The fourth-order valence-corrected chi connectivity index (χ4v) is 7.52. The molecule has 2 aromatic heterocycles. The van der Waals surface area contributed by atoms with Gasteiger partial charge in [-0.15, -0.1) is 0 Å². The lowest BCUT2D eigenvalue weighted by atomic mass is 9.95. The van der Waals surface area contributed by atoms with E-state index in [2.05, 4.69) is 20.1 Å². The van der Waals surface area contributed by atoms with Crippen LogP contribution in [0.2, 0.25) is 5.02 Å². The summed E-state index contributed by atoms with van der Waals surface area (Å²) in [5.74, 6) is 0.179. The Morgan fingerprint density at radius 1 is 1.12 bits per heavy atom. The molecule has 6 heterocycles. The summed E-state index contributed by atoms with van der Waals surface area (Å²) in [5.41, 5.74) is 0.450. The molecule has 0 radical (unpaired) electrons. The van der Waals surface area contributed by atoms with Crippen molar-refractivity contribution in [2.24, 2.45) is 0 Å². The summed E-state index contributed by atoms with van der Waals surface area (Å²) in [4.78, 5) is 18.9. The predicted octanol–water partition coefficient (Wildman–Crippen LogP) is 5.55. The van der Waals surface area contributed by atoms with Crippen molar-refractivity contribution in [2.75, 3.05) is 50.8 Å². The zero-order valence-corrected chi connectivity index (χ0v) is 25.3. The Morgan fingerprint density at radius 3 is 2.74 bits per heavy atom. The smallest absolute Gasteiger partial charge is 0.319 e. The first-order valence-corrected chi connectivity index (χ1v) is 15.7. The van der Waals surface area contributed by atoms with Gasteiger partial charge in [-0.3, -0.25) is 4.90 Å². The average molecular weight is 607 g/mol. The van der Waals surface area contributed by atoms with E-state index in [4.69, 9.17) is 31.0 Å². The van der Waals surface area contributed by atoms with Crippen molar-refractivity contribution in [1.82, 2.24) is 25.2 Å². The van der Waals surface area contributed by atoms with Crippen LogP contribution in [0, 0.1) is 5.82 Å². The predicted molar refractivity (Wildman–Crippen MR) is 166 cm³/mol. The molecule has 2 N–H and O–H groups in total. The van der Waals surface area contributed by atoms with Gasteiger partial charge in [0.1, 0.15) is 41.4 Å². The van der Waals surface area contributed by atoms with E-state index in [1.165, 1.54) is 6.07 Å². The molecule has 8 rings (SSSR count). The molecule has 0 amide bonds. The highest BCUT2D eigenvalue weighted by Gasteiger charge is 2.45. The minimum Gasteiger partial charge on any atom is -0.508 e. The minimum atomic E-state index is -0.636. The number of phenols is 1. The topological polar surface area (TPSA) is 95.9 Å². The largest absolute Gasteiger partial charge is 0.508 e. The molecule has 11 heteroatoms. The van der Waals surface area contributed by atoms with Gasteiger partial charge in [0.05, 0.1) is 11.6 Å². The van der Waals surface area contributed by atoms with Gasteiger partial charge in [-0.25, -0.2) is 9.37 Å². The van der Waals surface area contributed by atoms with Gasteiger partial charge in [-0.1, -0.05) is 37.6 Å². The number of fused-ring (bicyclic) bond motifs is 4. The molecule has 0 saturated carbocycles. The molecule has 43 heavy (non-hydrogen) atoms. The molecular formula is C32H36ClFN6O3. The van der Waals surface area contributed by atoms with E-state index in [1.54, 1.807) is 18.2 Å². The van der Waals surface area contributed by atoms with Crippen LogP contribution in [0.5, 0.6) is 17.6 Å². The molecule has 0 bridgehead atoms. The maximum atomic E-state index is 16.7. The Kier molecular flexibility index (Phi) is 7.39. The van der Waals surface area contributed by atoms with Gasteiger partial charge in [-0.2, -0.15) is 9.97 Å². The highest BCUT2D eigenvalue weighted by atomic mass is 35.5. The second-order valence-corrected chi connectivity index (χ2v) is 11.9. The number of piperazine rings is 1. The van der Waals surface area contributed by atoms with Crippen molar-refractivity contribution in [3.05, 3.63) is 41.2 Å². The summed E-state index contributed by atoms with van der Waals surface area (Å²) in [6.07, 6.45) is 4.47. The zero-order valence-electron chi connectivity index (χ0n) is 24.5. The van der Waals surface area contributed by atoms with Gasteiger partial charge in [0.15, 0.2) is 5.82 Å². The molecule has 4 aliphatic rings. The van der Waals surface area contributed by atoms with E-state index in [0.717, 1.165) is 45.3 Å². The SMILES string of the molecule is CC.Oc1cc(-c2nc3c4c(nc(OCC56CCCN5CCC6)nc4c2F)N2CCNC[C@H]2CO3)c2c(Cl)cccc2c1. The maximum Gasteiger partial charge on any atom is 0.319 e. The van der Waals surface area contributed by atoms with Crippen molar-refractivity contribution >= 4 is 39.1 Å². The monoisotopic (exact) mass is 606 g/mol. The van der Waals surface area contributed by atoms with Crippen LogP contribution in [-0.4, -0.2) is 82.5 Å². The number of nitrogens with one attached hydrogen (secondary N) is 1. The van der Waals surface area contributed by atoms with Crippen LogP contribution >= 0.6 is 11.6 Å². The summed E-state index contributed by atoms with van der Waals surface area (Å²) in [6.45, 7) is 9.15. The Balaban J connectivity index is 0.00000147. The van der Waals surface area contributed by atoms with Gasteiger partial charge in [-0.05, 0) is 62.4 Å². The summed E-state index contributed by atoms with van der Waals surface area (Å²) < 4.78 is 29.3. The lowest BCUT2D eigenvalue weighted by Crippen LogP contribution is -2.53. The van der Waals surface area contributed by atoms with Gasteiger partial charge in [0, 0.05) is 35.6 Å². The summed E-state index contributed by atoms with van der Waals surface area (Å²) in [7, 11) is 0. The number of halogens is 2. The second-order valence-electron chi connectivity index (χ2n) is 11.5. The first kappa shape index (κ1) is 28.3. The number of aromatic nitrogens is 3. The fourth-order valence-electron chi connectivity index (χ4n) is 7.24. The number of anilines is 1. The van der Waals surface area contributed by atoms with Crippen molar-refractivity contribution in [1.29, 1.82) is 0 Å². The number of nitrogens with zero attached hydrogens (tertiary/aromatic N) is 5. The lowest BCUT2D eigenvalue weighted by molar-refractivity contribution is 0.108. The molecule has 0 aliphatic carbocycles. The molecule has 3 saturated heterocycles. The molecule has 4 aliphatic heterocycles. The van der Waals surface area contributed by atoms with Crippen LogP contribution in [0.3, 0.4) is 0 Å². The van der Waals surface area contributed by atoms with Gasteiger partial charge in [0.2, 0.25) is 5.88 Å². The fraction of sp³-hybridized carbons (Fsp3) is 0.469. The molecule has 9 nitrogen and oxygen atoms in total. The first-order chi connectivity index (χ1) is 21.0. The third kappa shape index (κ3) is 4.71. The van der Waals surface area contributed by atoms with Crippen LogP contribution < -0.4 is 19.7 Å². The molecule has 1 atom stereocenters. The van der Waals surface area contributed by atoms with E-state index in [1.807, 2.05) is 19.9 Å². The summed E-state index contributed by atoms with van der Waals surface area (Å²) in [5, 5.41) is 16.1. The summed E-state index contributed by atoms with van der Waals surface area (Å²) in [6, 6.07) is 8.57. The quantitative estimate of drug-likeness (QED) is 0.310. The Bertz CT molecular complexity index is 1690. The second kappa shape index (κ2) is 11.2. The Hall–Kier alpha value is -3.47. The third-order valence-corrected chi connectivity index (χ3v) is 9.51. The van der Waals surface area contributed by atoms with Crippen LogP contribution in [0.4, 0.5) is 10.2 Å². The summed E-state index contributed by atoms with van der Waals surface area (Å²) >= 11 is 6.60. The number of hydrogen-bond donors (Lipinski definition) is 2. The first-order valence-electron chi connectivity index (χ1n) is 15.3. The van der Waals surface area contributed by atoms with Gasteiger partial charge < -0.3 is 24.8 Å². The normalized spacial score (nSPS) is 20.7. The highest BCUT2D eigenvalue weighted by Crippen LogP contribution is 2.44. The number of pyridine rings is 1. The van der Waals surface area contributed by atoms with E-state index >= 15 is 4.39 Å². The van der Waals surface area contributed by atoms with Crippen LogP contribution in [0.15, 0.2) is 30.3 Å². The molecule has 0 unspecified atom stereocenters. The number of aromatic hydroxyl groups is 1. The van der Waals surface area contributed by atoms with E-state index in [-0.39, 0.29) is 40.4 Å². The number of benzene rings is 2. The number of hydrogen-bond acceptors (Lipinski definition) is 9. The molecule has 2 aromatic carbocycles. The van der Waals surface area contributed by atoms with Crippen LogP contribution in [-0.2, 0) is 0 Å². The molecule has 4 aromatic rings. The van der Waals surface area contributed by atoms with Crippen molar-refractivity contribution in [3.63, 3.8) is 0 Å². The van der Waals surface area contributed by atoms with Gasteiger partial charge >= 0.3 is 6.01 Å². The molecule has 226 valence electrons. The molecule has 0 spiro atoms. The number of rotatable bonds is 4. The maximum absolute atomic E-state index is 16.7.